The lowest BCUT2D eigenvalue weighted by atomic mass is 10.3. The van der Waals surface area contributed by atoms with Crippen LogP contribution >= 0.6 is 46.4 Å². The number of benzene rings is 1. The van der Waals surface area contributed by atoms with Gasteiger partial charge in [0.25, 0.3) is 5.69 Å². The number of hydrogen-bond acceptors (Lipinski definition) is 5. The molecule has 0 saturated heterocycles. The van der Waals surface area contributed by atoms with Crippen LogP contribution in [-0.2, 0) is 0 Å². The minimum atomic E-state index is -0.565. The summed E-state index contributed by atoms with van der Waals surface area (Å²) in [7, 11) is 0. The zero-order valence-corrected chi connectivity index (χ0v) is 14.7. The van der Waals surface area contributed by atoms with Crippen molar-refractivity contribution in [3.05, 3.63) is 61.2 Å². The molecule has 6 nitrogen and oxygen atoms in total. The van der Waals surface area contributed by atoms with Gasteiger partial charge >= 0.3 is 0 Å². The van der Waals surface area contributed by atoms with E-state index < -0.39 is 4.92 Å². The number of halogens is 4. The van der Waals surface area contributed by atoms with E-state index in [1.807, 2.05) is 0 Å². The molecule has 24 heavy (non-hydrogen) atoms. The number of nitrogens with zero attached hydrogens (tertiary/aromatic N) is 2. The molecular weight excluding hydrogens is 402 g/mol. The summed E-state index contributed by atoms with van der Waals surface area (Å²) in [6, 6.07) is 5.57. The highest BCUT2D eigenvalue weighted by atomic mass is 35.5. The van der Waals surface area contributed by atoms with Crippen molar-refractivity contribution >= 4 is 52.1 Å². The zero-order chi connectivity index (χ0) is 17.7. The minimum Gasteiger partial charge on any atom is -0.489 e. The first-order valence-electron chi connectivity index (χ1n) is 6.28. The normalized spacial score (nSPS) is 10.2. The second-order valence-corrected chi connectivity index (χ2v) is 6.06. The summed E-state index contributed by atoms with van der Waals surface area (Å²) in [5, 5.41) is 11.0. The summed E-state index contributed by atoms with van der Waals surface area (Å²) in [6.45, 7) is 0.138. The molecule has 0 amide bonds. The number of pyridine rings is 1. The van der Waals surface area contributed by atoms with Gasteiger partial charge < -0.3 is 9.47 Å². The molecule has 0 bridgehead atoms. The Morgan fingerprint density at radius 1 is 1.25 bits per heavy atom. The Morgan fingerprint density at radius 3 is 2.42 bits per heavy atom. The van der Waals surface area contributed by atoms with Crippen molar-refractivity contribution in [2.45, 2.75) is 0 Å². The van der Waals surface area contributed by atoms with Gasteiger partial charge in [-0.3, -0.25) is 10.1 Å². The van der Waals surface area contributed by atoms with Crippen molar-refractivity contribution in [2.24, 2.45) is 0 Å². The molecule has 0 radical (unpaired) electrons. The van der Waals surface area contributed by atoms with Gasteiger partial charge in [0.1, 0.15) is 23.0 Å². The Labute approximate surface area is 156 Å². The molecule has 0 unspecified atom stereocenters. The van der Waals surface area contributed by atoms with E-state index in [4.69, 9.17) is 55.9 Å². The average Bonchev–Trinajstić information content (AvgIpc) is 2.51. The summed E-state index contributed by atoms with van der Waals surface area (Å²) in [6.07, 6.45) is 2.52. The number of rotatable bonds is 6. The maximum Gasteiger partial charge on any atom is 0.287 e. The molecule has 0 spiro atoms. The van der Waals surface area contributed by atoms with Crippen molar-refractivity contribution in [3.63, 3.8) is 0 Å². The van der Waals surface area contributed by atoms with E-state index in [0.29, 0.717) is 5.75 Å². The average molecular weight is 410 g/mol. The second kappa shape index (κ2) is 8.39. The highest BCUT2D eigenvalue weighted by Gasteiger charge is 2.13. The fourth-order valence-electron chi connectivity index (χ4n) is 1.56. The Hall–Kier alpha value is -1.73. The van der Waals surface area contributed by atoms with E-state index in [2.05, 4.69) is 4.98 Å². The van der Waals surface area contributed by atoms with Gasteiger partial charge in [-0.15, -0.1) is 0 Å². The summed E-state index contributed by atoms with van der Waals surface area (Å²) in [5.41, 5.74) is -0.158. The van der Waals surface area contributed by atoms with Gasteiger partial charge in [0.15, 0.2) is 5.75 Å². The summed E-state index contributed by atoms with van der Waals surface area (Å²) in [4.78, 5) is 13.8. The van der Waals surface area contributed by atoms with Gasteiger partial charge in [-0.2, -0.15) is 0 Å². The topological polar surface area (TPSA) is 74.5 Å². The Morgan fingerprint density at radius 2 is 1.92 bits per heavy atom. The summed E-state index contributed by atoms with van der Waals surface area (Å²) in [5.74, 6) is 0.646. The van der Waals surface area contributed by atoms with Crippen LogP contribution in [-0.4, -0.2) is 16.5 Å². The van der Waals surface area contributed by atoms with Crippen molar-refractivity contribution in [1.29, 1.82) is 0 Å². The quantitative estimate of drug-likeness (QED) is 0.446. The van der Waals surface area contributed by atoms with E-state index >= 15 is 0 Å². The lowest BCUT2D eigenvalue weighted by molar-refractivity contribution is -0.385. The smallest absolute Gasteiger partial charge is 0.287 e. The third-order valence-electron chi connectivity index (χ3n) is 2.60. The van der Waals surface area contributed by atoms with Crippen LogP contribution < -0.4 is 9.47 Å². The lowest BCUT2D eigenvalue weighted by Crippen LogP contribution is -1.96. The van der Waals surface area contributed by atoms with Gasteiger partial charge in [-0.1, -0.05) is 46.4 Å². The Balaban J connectivity index is 2.15. The molecule has 1 heterocycles. The maximum absolute atomic E-state index is 10.6. The van der Waals surface area contributed by atoms with E-state index in [0.717, 1.165) is 6.20 Å². The number of hydrogen-bond donors (Lipinski definition) is 0. The second-order valence-electron chi connectivity index (χ2n) is 4.23. The van der Waals surface area contributed by atoms with Gasteiger partial charge in [-0.05, 0) is 6.08 Å². The fraction of sp³-hybridized carbons (Fsp3) is 0.0714. The SMILES string of the molecule is O=[N+]([O-])c1ccc(Oc2c(Cl)cc(OCC=C(Cl)Cl)cc2Cl)nc1. The molecule has 0 saturated carbocycles. The Kier molecular flexibility index (Phi) is 6.51. The first kappa shape index (κ1) is 18.6. The molecule has 2 aromatic rings. The molecule has 0 fully saturated rings. The molecular formula is C14H8Cl4N2O4. The van der Waals surface area contributed by atoms with Crippen molar-refractivity contribution in [2.75, 3.05) is 6.61 Å². The van der Waals surface area contributed by atoms with E-state index in [1.54, 1.807) is 0 Å². The summed E-state index contributed by atoms with van der Waals surface area (Å²) < 4.78 is 10.9. The third-order valence-corrected chi connectivity index (χ3v) is 3.47. The molecule has 2 rings (SSSR count). The molecule has 0 atom stereocenters. The molecule has 126 valence electrons. The van der Waals surface area contributed by atoms with Crippen LogP contribution in [0.2, 0.25) is 10.0 Å². The van der Waals surface area contributed by atoms with Crippen LogP contribution in [0.1, 0.15) is 0 Å². The van der Waals surface area contributed by atoms with Gasteiger partial charge in [0.05, 0.1) is 15.0 Å². The number of aromatic nitrogens is 1. The lowest BCUT2D eigenvalue weighted by Gasteiger charge is -2.11. The molecule has 1 aromatic carbocycles. The van der Waals surface area contributed by atoms with Crippen LogP contribution in [0.5, 0.6) is 17.4 Å². The van der Waals surface area contributed by atoms with Gasteiger partial charge in [-0.25, -0.2) is 4.98 Å². The molecule has 0 aliphatic carbocycles. The maximum atomic E-state index is 10.6. The number of ether oxygens (including phenoxy) is 2. The number of nitro groups is 1. The minimum absolute atomic E-state index is 0.0800. The predicted octanol–water partition coefficient (Wildman–Crippen LogP) is 5.79. The first-order chi connectivity index (χ1) is 11.4. The van der Waals surface area contributed by atoms with Gasteiger partial charge in [0.2, 0.25) is 5.88 Å². The van der Waals surface area contributed by atoms with Crippen LogP contribution in [0.3, 0.4) is 0 Å². The molecule has 10 heteroatoms. The zero-order valence-electron chi connectivity index (χ0n) is 11.7. The van der Waals surface area contributed by atoms with Crippen molar-refractivity contribution in [1.82, 2.24) is 4.98 Å². The highest BCUT2D eigenvalue weighted by molar-refractivity contribution is 6.55. The van der Waals surface area contributed by atoms with E-state index in [-0.39, 0.29) is 38.5 Å². The molecule has 0 N–H and O–H groups in total. The fourth-order valence-corrected chi connectivity index (χ4v) is 2.23. The summed E-state index contributed by atoms with van der Waals surface area (Å²) >= 11 is 23.2. The standard InChI is InChI=1S/C14H8Cl4N2O4/c15-10-5-9(23-4-3-12(17)18)6-11(16)14(10)24-13-2-1-8(7-19-13)20(21)22/h1-3,5-7H,4H2. The third kappa shape index (κ3) is 5.14. The molecule has 0 aliphatic rings. The van der Waals surface area contributed by atoms with Crippen LogP contribution in [0, 0.1) is 10.1 Å². The van der Waals surface area contributed by atoms with Crippen LogP contribution in [0.25, 0.3) is 0 Å². The largest absolute Gasteiger partial charge is 0.489 e. The van der Waals surface area contributed by atoms with Crippen molar-refractivity contribution < 1.29 is 14.4 Å². The van der Waals surface area contributed by atoms with E-state index in [1.165, 1.54) is 30.3 Å². The monoisotopic (exact) mass is 408 g/mol. The highest BCUT2D eigenvalue weighted by Crippen LogP contribution is 2.39. The van der Waals surface area contributed by atoms with Crippen LogP contribution in [0.15, 0.2) is 41.0 Å². The molecule has 1 aromatic heterocycles. The Bertz CT molecular complexity index is 754. The van der Waals surface area contributed by atoms with Crippen LogP contribution in [0.4, 0.5) is 5.69 Å². The first-order valence-corrected chi connectivity index (χ1v) is 7.79. The van der Waals surface area contributed by atoms with Gasteiger partial charge in [0, 0.05) is 24.3 Å². The predicted molar refractivity (Wildman–Crippen MR) is 92.7 cm³/mol. The molecule has 0 aliphatic heterocycles. The van der Waals surface area contributed by atoms with E-state index in [9.17, 15) is 10.1 Å². The van der Waals surface area contributed by atoms with Crippen molar-refractivity contribution in [3.8, 4) is 17.4 Å².